The van der Waals surface area contributed by atoms with E-state index in [1.54, 1.807) is 16.7 Å². The summed E-state index contributed by atoms with van der Waals surface area (Å²) in [6.07, 6.45) is 2.83. The number of hydrogen-bond acceptors (Lipinski definition) is 2. The third-order valence-corrected chi connectivity index (χ3v) is 3.69. The first-order valence-corrected chi connectivity index (χ1v) is 6.95. The van der Waals surface area contributed by atoms with E-state index in [0.717, 1.165) is 11.1 Å². The second-order valence-electron chi connectivity index (χ2n) is 4.13. The lowest BCUT2D eigenvalue weighted by atomic mass is 10.3. The number of allylic oxidation sites excluding steroid dienone is 1. The van der Waals surface area contributed by atoms with Crippen LogP contribution in [0.25, 0.3) is 10.2 Å². The Morgan fingerprint density at radius 3 is 3.05 bits per heavy atom. The number of carbonyl (C=O) groups is 1. The van der Waals surface area contributed by atoms with Crippen LogP contribution in [0.15, 0.2) is 35.8 Å². The zero-order valence-electron chi connectivity index (χ0n) is 10.7. The molecule has 1 amide bonds. The van der Waals surface area contributed by atoms with Gasteiger partial charge in [-0.15, -0.1) is 6.58 Å². The van der Waals surface area contributed by atoms with E-state index in [9.17, 15) is 9.18 Å². The molecule has 0 N–H and O–H groups in total. The number of thiazole rings is 1. The van der Waals surface area contributed by atoms with E-state index in [-0.39, 0.29) is 11.7 Å². The van der Waals surface area contributed by atoms with Crippen LogP contribution in [0, 0.1) is 5.82 Å². The SMILES string of the molecule is C=CCn1c(=NC(=O)CCC)sc2cccc(F)c21. The van der Waals surface area contributed by atoms with E-state index < -0.39 is 0 Å². The fourth-order valence-corrected chi connectivity index (χ4v) is 2.92. The summed E-state index contributed by atoms with van der Waals surface area (Å²) in [7, 11) is 0. The summed E-state index contributed by atoms with van der Waals surface area (Å²) in [5.41, 5.74) is 0.482. The molecule has 0 fully saturated rings. The predicted molar refractivity (Wildman–Crippen MR) is 75.4 cm³/mol. The summed E-state index contributed by atoms with van der Waals surface area (Å²) < 4.78 is 16.4. The molecule has 0 aliphatic rings. The van der Waals surface area contributed by atoms with Gasteiger partial charge in [-0.3, -0.25) is 4.79 Å². The molecule has 5 heteroatoms. The number of rotatable bonds is 4. The van der Waals surface area contributed by atoms with E-state index in [1.165, 1.54) is 17.4 Å². The lowest BCUT2D eigenvalue weighted by Crippen LogP contribution is -2.16. The van der Waals surface area contributed by atoms with Crippen LogP contribution in [0.3, 0.4) is 0 Å². The lowest BCUT2D eigenvalue weighted by molar-refractivity contribution is -0.118. The van der Waals surface area contributed by atoms with Crippen molar-refractivity contribution in [2.24, 2.45) is 4.99 Å². The molecule has 0 atom stereocenters. The Morgan fingerprint density at radius 2 is 2.37 bits per heavy atom. The highest BCUT2D eigenvalue weighted by Gasteiger charge is 2.10. The van der Waals surface area contributed by atoms with Crippen molar-refractivity contribution in [1.29, 1.82) is 0 Å². The molecule has 1 aromatic carbocycles. The highest BCUT2D eigenvalue weighted by molar-refractivity contribution is 7.16. The van der Waals surface area contributed by atoms with Crippen molar-refractivity contribution in [1.82, 2.24) is 4.57 Å². The molecule has 0 unspecified atom stereocenters. The van der Waals surface area contributed by atoms with E-state index >= 15 is 0 Å². The number of para-hydroxylation sites is 1. The number of nitrogens with zero attached hydrogens (tertiary/aromatic N) is 2. The van der Waals surface area contributed by atoms with Crippen molar-refractivity contribution >= 4 is 27.5 Å². The highest BCUT2D eigenvalue weighted by atomic mass is 32.1. The summed E-state index contributed by atoms with van der Waals surface area (Å²) >= 11 is 1.32. The molecular weight excluding hydrogens is 263 g/mol. The summed E-state index contributed by atoms with van der Waals surface area (Å²) in [5.74, 6) is -0.479. The van der Waals surface area contributed by atoms with Crippen LogP contribution in [0.4, 0.5) is 4.39 Å². The minimum Gasteiger partial charge on any atom is -0.310 e. The predicted octanol–water partition coefficient (Wildman–Crippen LogP) is 3.26. The molecule has 1 heterocycles. The minimum absolute atomic E-state index is 0.174. The number of aromatic nitrogens is 1. The van der Waals surface area contributed by atoms with Gasteiger partial charge in [0.2, 0.25) is 5.91 Å². The Bertz CT molecular complexity index is 684. The van der Waals surface area contributed by atoms with Crippen LogP contribution in [0.2, 0.25) is 0 Å². The molecular formula is C14H15FN2OS. The average molecular weight is 278 g/mol. The van der Waals surface area contributed by atoms with E-state index in [4.69, 9.17) is 0 Å². The Hall–Kier alpha value is -1.75. The van der Waals surface area contributed by atoms with E-state index in [1.807, 2.05) is 13.0 Å². The molecule has 2 rings (SSSR count). The first kappa shape index (κ1) is 13.7. The van der Waals surface area contributed by atoms with Crippen LogP contribution in [0.5, 0.6) is 0 Å². The van der Waals surface area contributed by atoms with Gasteiger partial charge in [-0.2, -0.15) is 4.99 Å². The molecule has 0 saturated heterocycles. The zero-order valence-corrected chi connectivity index (χ0v) is 11.5. The Morgan fingerprint density at radius 1 is 1.58 bits per heavy atom. The monoisotopic (exact) mass is 278 g/mol. The van der Waals surface area contributed by atoms with Crippen molar-refractivity contribution in [3.05, 3.63) is 41.5 Å². The van der Waals surface area contributed by atoms with E-state index in [2.05, 4.69) is 11.6 Å². The maximum atomic E-state index is 13.9. The topological polar surface area (TPSA) is 34.4 Å². The van der Waals surface area contributed by atoms with E-state index in [0.29, 0.717) is 23.3 Å². The lowest BCUT2D eigenvalue weighted by Gasteiger charge is -2.01. The molecule has 0 spiro atoms. The van der Waals surface area contributed by atoms with Crippen molar-refractivity contribution in [2.75, 3.05) is 0 Å². The van der Waals surface area contributed by atoms with Gasteiger partial charge >= 0.3 is 0 Å². The van der Waals surface area contributed by atoms with Gasteiger partial charge in [0.05, 0.1) is 10.2 Å². The van der Waals surface area contributed by atoms with Gasteiger partial charge in [-0.05, 0) is 18.6 Å². The van der Waals surface area contributed by atoms with Crippen LogP contribution in [-0.4, -0.2) is 10.5 Å². The van der Waals surface area contributed by atoms with Crippen LogP contribution < -0.4 is 4.80 Å². The minimum atomic E-state index is -0.306. The summed E-state index contributed by atoms with van der Waals surface area (Å²) in [6.45, 7) is 6.02. The summed E-state index contributed by atoms with van der Waals surface area (Å²) in [6, 6.07) is 4.89. The smallest absolute Gasteiger partial charge is 0.248 e. The van der Waals surface area contributed by atoms with Crippen molar-refractivity contribution in [3.8, 4) is 0 Å². The number of hydrogen-bond donors (Lipinski definition) is 0. The highest BCUT2D eigenvalue weighted by Crippen LogP contribution is 2.20. The molecule has 19 heavy (non-hydrogen) atoms. The Kier molecular flexibility index (Phi) is 4.27. The van der Waals surface area contributed by atoms with Gasteiger partial charge < -0.3 is 4.57 Å². The molecule has 1 aromatic heterocycles. The van der Waals surface area contributed by atoms with Crippen molar-refractivity contribution in [3.63, 3.8) is 0 Å². The fourth-order valence-electron chi connectivity index (χ4n) is 1.85. The van der Waals surface area contributed by atoms with Crippen LogP contribution in [0.1, 0.15) is 19.8 Å². The number of halogens is 1. The molecule has 0 aliphatic carbocycles. The normalized spacial score (nSPS) is 12.0. The van der Waals surface area contributed by atoms with Gasteiger partial charge in [0, 0.05) is 13.0 Å². The van der Waals surface area contributed by atoms with Gasteiger partial charge in [0.1, 0.15) is 5.82 Å². The first-order chi connectivity index (χ1) is 9.17. The van der Waals surface area contributed by atoms with Gasteiger partial charge in [-0.1, -0.05) is 30.4 Å². The number of benzene rings is 1. The molecule has 100 valence electrons. The molecule has 2 aromatic rings. The van der Waals surface area contributed by atoms with Crippen molar-refractivity contribution < 1.29 is 9.18 Å². The Labute approximate surface area is 114 Å². The molecule has 0 radical (unpaired) electrons. The summed E-state index contributed by atoms with van der Waals surface area (Å²) in [5, 5.41) is 0. The van der Waals surface area contributed by atoms with Gasteiger partial charge in [-0.25, -0.2) is 4.39 Å². The third-order valence-electron chi connectivity index (χ3n) is 2.65. The molecule has 0 saturated carbocycles. The van der Waals surface area contributed by atoms with Crippen LogP contribution >= 0.6 is 11.3 Å². The van der Waals surface area contributed by atoms with Crippen molar-refractivity contribution in [2.45, 2.75) is 26.3 Å². The maximum absolute atomic E-state index is 13.9. The standard InChI is InChI=1S/C14H15FN2OS/c1-3-6-12(18)16-14-17(9-4-2)13-10(15)7-5-8-11(13)19-14/h4-5,7-8H,2-3,6,9H2,1H3. The number of amides is 1. The zero-order chi connectivity index (χ0) is 13.8. The third kappa shape index (κ3) is 2.81. The molecule has 0 bridgehead atoms. The summed E-state index contributed by atoms with van der Waals surface area (Å²) in [4.78, 5) is 16.2. The second kappa shape index (κ2) is 5.93. The second-order valence-corrected chi connectivity index (χ2v) is 5.14. The largest absolute Gasteiger partial charge is 0.310 e. The maximum Gasteiger partial charge on any atom is 0.248 e. The quantitative estimate of drug-likeness (QED) is 0.790. The van der Waals surface area contributed by atoms with Crippen LogP contribution in [-0.2, 0) is 11.3 Å². The first-order valence-electron chi connectivity index (χ1n) is 6.13. The molecule has 3 nitrogen and oxygen atoms in total. The van der Waals surface area contributed by atoms with Gasteiger partial charge in [0.25, 0.3) is 0 Å². The fraction of sp³-hybridized carbons (Fsp3) is 0.286. The Balaban J connectivity index is 2.67. The van der Waals surface area contributed by atoms with Gasteiger partial charge in [0.15, 0.2) is 4.80 Å². The molecule has 0 aliphatic heterocycles. The number of carbonyl (C=O) groups excluding carboxylic acids is 1. The average Bonchev–Trinajstić information content (AvgIpc) is 2.69. The number of fused-ring (bicyclic) bond motifs is 1.